The predicted molar refractivity (Wildman–Crippen MR) is 74.9 cm³/mol. The van der Waals surface area contributed by atoms with E-state index in [1.807, 2.05) is 31.5 Å². The summed E-state index contributed by atoms with van der Waals surface area (Å²) in [6.45, 7) is 6.65. The third-order valence-corrected chi connectivity index (χ3v) is 3.49. The zero-order valence-electron chi connectivity index (χ0n) is 11.4. The smallest absolute Gasteiger partial charge is 0.248 e. The first kappa shape index (κ1) is 13.1. The molecule has 0 fully saturated rings. The van der Waals surface area contributed by atoms with E-state index in [0.717, 1.165) is 17.0 Å². The Hall–Kier alpha value is -2.30. The molecule has 2 aromatic rings. The molecule has 19 heavy (non-hydrogen) atoms. The van der Waals surface area contributed by atoms with E-state index in [4.69, 9.17) is 11.5 Å². The molecule has 4 N–H and O–H groups in total. The highest BCUT2D eigenvalue weighted by Gasteiger charge is 2.10. The number of nitrogens with two attached hydrogens (primary N) is 2. The van der Waals surface area contributed by atoms with Crippen molar-refractivity contribution >= 4 is 11.6 Å². The number of hydrogen-bond donors (Lipinski definition) is 2. The molecule has 1 heterocycles. The zero-order chi connectivity index (χ0) is 14.2. The molecule has 0 unspecified atom stereocenters. The maximum atomic E-state index is 11.1. The molecule has 100 valence electrons. The minimum Gasteiger partial charge on any atom is -0.398 e. The Morgan fingerprint density at radius 1 is 1.32 bits per heavy atom. The summed E-state index contributed by atoms with van der Waals surface area (Å²) in [5.41, 5.74) is 16.4. The van der Waals surface area contributed by atoms with Gasteiger partial charge in [-0.2, -0.15) is 5.10 Å². The summed E-state index contributed by atoms with van der Waals surface area (Å²) in [6, 6.07) is 5.12. The second-order valence-corrected chi connectivity index (χ2v) is 4.73. The van der Waals surface area contributed by atoms with Gasteiger partial charge in [-0.1, -0.05) is 6.07 Å². The first-order chi connectivity index (χ1) is 8.90. The lowest BCUT2D eigenvalue weighted by Gasteiger charge is -2.09. The van der Waals surface area contributed by atoms with Crippen LogP contribution < -0.4 is 11.5 Å². The molecule has 0 radical (unpaired) electrons. The van der Waals surface area contributed by atoms with Gasteiger partial charge in [0.2, 0.25) is 5.91 Å². The SMILES string of the molecule is Cc1nn(Cc2ccc(C(N)=O)cc2N)c(C)c1C. The largest absolute Gasteiger partial charge is 0.398 e. The number of benzene rings is 1. The summed E-state index contributed by atoms with van der Waals surface area (Å²) in [5, 5.41) is 4.47. The van der Waals surface area contributed by atoms with Crippen LogP contribution in [0.2, 0.25) is 0 Å². The van der Waals surface area contributed by atoms with Crippen LogP contribution in [0.25, 0.3) is 0 Å². The highest BCUT2D eigenvalue weighted by Crippen LogP contribution is 2.18. The van der Waals surface area contributed by atoms with Crippen LogP contribution in [0.4, 0.5) is 5.69 Å². The molecule has 5 heteroatoms. The van der Waals surface area contributed by atoms with Gasteiger partial charge >= 0.3 is 0 Å². The van der Waals surface area contributed by atoms with E-state index in [-0.39, 0.29) is 0 Å². The summed E-state index contributed by atoms with van der Waals surface area (Å²) < 4.78 is 1.92. The van der Waals surface area contributed by atoms with E-state index in [9.17, 15) is 4.79 Å². The Morgan fingerprint density at radius 3 is 2.47 bits per heavy atom. The van der Waals surface area contributed by atoms with Crippen LogP contribution >= 0.6 is 0 Å². The van der Waals surface area contributed by atoms with Crippen molar-refractivity contribution in [2.45, 2.75) is 27.3 Å². The lowest BCUT2D eigenvalue weighted by molar-refractivity contribution is 0.100. The van der Waals surface area contributed by atoms with Crippen LogP contribution in [0.1, 0.15) is 32.9 Å². The summed E-state index contributed by atoms with van der Waals surface area (Å²) >= 11 is 0. The van der Waals surface area contributed by atoms with Crippen LogP contribution in [0, 0.1) is 20.8 Å². The molecule has 1 aromatic carbocycles. The van der Waals surface area contributed by atoms with Crippen molar-refractivity contribution in [3.8, 4) is 0 Å². The second kappa shape index (κ2) is 4.76. The van der Waals surface area contributed by atoms with Crippen LogP contribution in [-0.2, 0) is 6.54 Å². The Balaban J connectivity index is 2.33. The number of rotatable bonds is 3. The number of anilines is 1. The van der Waals surface area contributed by atoms with E-state index < -0.39 is 5.91 Å². The number of nitrogen functional groups attached to an aromatic ring is 1. The number of carbonyl (C=O) groups is 1. The molecule has 0 spiro atoms. The average molecular weight is 258 g/mol. The van der Waals surface area contributed by atoms with Crippen molar-refractivity contribution in [1.29, 1.82) is 0 Å². The van der Waals surface area contributed by atoms with Gasteiger partial charge in [0.05, 0.1) is 12.2 Å². The molecule has 2 rings (SSSR count). The van der Waals surface area contributed by atoms with Gasteiger partial charge in [-0.3, -0.25) is 9.48 Å². The number of nitrogens with zero attached hydrogens (tertiary/aromatic N) is 2. The summed E-state index contributed by atoms with van der Waals surface area (Å²) in [7, 11) is 0. The van der Waals surface area contributed by atoms with Gasteiger partial charge in [0, 0.05) is 16.9 Å². The molecular weight excluding hydrogens is 240 g/mol. The monoisotopic (exact) mass is 258 g/mol. The number of aryl methyl sites for hydroxylation is 1. The molecule has 0 saturated carbocycles. The Morgan fingerprint density at radius 2 is 2.00 bits per heavy atom. The molecule has 0 atom stereocenters. The molecule has 0 aliphatic carbocycles. The van der Waals surface area contributed by atoms with Gasteiger partial charge in [-0.15, -0.1) is 0 Å². The Bertz CT molecular complexity index is 643. The Labute approximate surface area is 112 Å². The highest BCUT2D eigenvalue weighted by molar-refractivity contribution is 5.93. The fourth-order valence-corrected chi connectivity index (χ4v) is 1.99. The minimum atomic E-state index is -0.472. The summed E-state index contributed by atoms with van der Waals surface area (Å²) in [5.74, 6) is -0.472. The third-order valence-electron chi connectivity index (χ3n) is 3.49. The average Bonchev–Trinajstić information content (AvgIpc) is 2.59. The number of amides is 1. The molecule has 1 aromatic heterocycles. The maximum Gasteiger partial charge on any atom is 0.248 e. The fourth-order valence-electron chi connectivity index (χ4n) is 1.99. The molecule has 0 aliphatic rings. The van der Waals surface area contributed by atoms with Gasteiger partial charge in [0.1, 0.15) is 0 Å². The van der Waals surface area contributed by atoms with Gasteiger partial charge in [0.15, 0.2) is 0 Å². The highest BCUT2D eigenvalue weighted by atomic mass is 16.1. The van der Waals surface area contributed by atoms with Crippen molar-refractivity contribution in [1.82, 2.24) is 9.78 Å². The van der Waals surface area contributed by atoms with Crippen molar-refractivity contribution in [3.05, 3.63) is 46.3 Å². The summed E-state index contributed by atoms with van der Waals surface area (Å²) in [6.07, 6.45) is 0. The first-order valence-corrected chi connectivity index (χ1v) is 6.09. The number of primary amides is 1. The van der Waals surface area contributed by atoms with Gasteiger partial charge in [-0.05, 0) is 44.0 Å². The van der Waals surface area contributed by atoms with E-state index in [1.165, 1.54) is 5.56 Å². The third kappa shape index (κ3) is 2.45. The van der Waals surface area contributed by atoms with Gasteiger partial charge in [-0.25, -0.2) is 0 Å². The zero-order valence-corrected chi connectivity index (χ0v) is 11.4. The lowest BCUT2D eigenvalue weighted by atomic mass is 10.1. The number of aromatic nitrogens is 2. The second-order valence-electron chi connectivity index (χ2n) is 4.73. The molecule has 5 nitrogen and oxygen atoms in total. The molecule has 1 amide bonds. The standard InChI is InChI=1S/C14H18N4O/c1-8-9(2)17-18(10(8)3)7-12-5-4-11(14(16)19)6-13(12)15/h4-6H,7,15H2,1-3H3,(H2,16,19). The first-order valence-electron chi connectivity index (χ1n) is 6.09. The number of hydrogen-bond acceptors (Lipinski definition) is 3. The van der Waals surface area contributed by atoms with Gasteiger partial charge < -0.3 is 11.5 Å². The lowest BCUT2D eigenvalue weighted by Crippen LogP contribution is -2.12. The van der Waals surface area contributed by atoms with Crippen molar-refractivity contribution in [2.75, 3.05) is 5.73 Å². The Kier molecular flexibility index (Phi) is 3.29. The molecular formula is C14H18N4O. The van der Waals surface area contributed by atoms with Crippen LogP contribution in [0.5, 0.6) is 0 Å². The molecule has 0 bridgehead atoms. The topological polar surface area (TPSA) is 86.9 Å². The number of carbonyl (C=O) groups excluding carboxylic acids is 1. The van der Waals surface area contributed by atoms with Crippen molar-refractivity contribution in [3.63, 3.8) is 0 Å². The molecule has 0 aliphatic heterocycles. The predicted octanol–water partition coefficient (Wildman–Crippen LogP) is 1.54. The van der Waals surface area contributed by atoms with E-state index >= 15 is 0 Å². The quantitative estimate of drug-likeness (QED) is 0.819. The maximum absolute atomic E-state index is 11.1. The van der Waals surface area contributed by atoms with E-state index in [0.29, 0.717) is 17.8 Å². The van der Waals surface area contributed by atoms with Crippen LogP contribution in [0.3, 0.4) is 0 Å². The van der Waals surface area contributed by atoms with Crippen molar-refractivity contribution in [2.24, 2.45) is 5.73 Å². The summed E-state index contributed by atoms with van der Waals surface area (Å²) in [4.78, 5) is 11.1. The van der Waals surface area contributed by atoms with Crippen LogP contribution in [0.15, 0.2) is 18.2 Å². The van der Waals surface area contributed by atoms with Crippen molar-refractivity contribution < 1.29 is 4.79 Å². The van der Waals surface area contributed by atoms with Gasteiger partial charge in [0.25, 0.3) is 0 Å². The molecule has 0 saturated heterocycles. The minimum absolute atomic E-state index is 0.422. The van der Waals surface area contributed by atoms with E-state index in [2.05, 4.69) is 5.10 Å². The fraction of sp³-hybridized carbons (Fsp3) is 0.286. The van der Waals surface area contributed by atoms with E-state index in [1.54, 1.807) is 12.1 Å². The normalized spacial score (nSPS) is 10.7. The van der Waals surface area contributed by atoms with Crippen LogP contribution in [-0.4, -0.2) is 15.7 Å².